The summed E-state index contributed by atoms with van der Waals surface area (Å²) in [6.45, 7) is 8.88. The van der Waals surface area contributed by atoms with Crippen molar-refractivity contribution in [3.05, 3.63) is 30.1 Å². The zero-order chi connectivity index (χ0) is 14.2. The van der Waals surface area contributed by atoms with Crippen LogP contribution in [0.15, 0.2) is 24.3 Å². The van der Waals surface area contributed by atoms with Crippen molar-refractivity contribution in [1.82, 2.24) is 14.9 Å². The van der Waals surface area contributed by atoms with E-state index in [-0.39, 0.29) is 0 Å². The van der Waals surface area contributed by atoms with Crippen LogP contribution in [0.1, 0.15) is 38.9 Å². The number of nitrogens with one attached hydrogen (secondary N) is 1. The lowest BCUT2D eigenvalue weighted by Gasteiger charge is -2.18. The summed E-state index contributed by atoms with van der Waals surface area (Å²) in [4.78, 5) is 4.62. The lowest BCUT2D eigenvalue weighted by atomic mass is 9.92. The summed E-state index contributed by atoms with van der Waals surface area (Å²) in [5, 5.41) is 3.72. The van der Waals surface area contributed by atoms with Crippen LogP contribution in [0, 0.1) is 12.3 Å². The molecule has 3 nitrogen and oxygen atoms in total. The predicted octanol–water partition coefficient (Wildman–Crippen LogP) is 3.51. The molecule has 0 amide bonds. The number of fused-ring (bicyclic) bond motifs is 1. The predicted molar refractivity (Wildman–Crippen MR) is 83.9 cm³/mol. The molecule has 2 aromatic rings. The van der Waals surface area contributed by atoms with Crippen molar-refractivity contribution in [2.75, 3.05) is 6.54 Å². The van der Waals surface area contributed by atoms with Crippen LogP contribution in [0.3, 0.4) is 0 Å². The van der Waals surface area contributed by atoms with E-state index in [0.717, 1.165) is 24.4 Å². The molecule has 0 saturated heterocycles. The molecular formula is C17H25N3. The van der Waals surface area contributed by atoms with Crippen molar-refractivity contribution in [3.8, 4) is 0 Å². The summed E-state index contributed by atoms with van der Waals surface area (Å²) in [6.07, 6.45) is 3.96. The second kappa shape index (κ2) is 5.21. The lowest BCUT2D eigenvalue weighted by Crippen LogP contribution is -2.30. The van der Waals surface area contributed by atoms with Gasteiger partial charge in [0.15, 0.2) is 0 Å². The van der Waals surface area contributed by atoms with Crippen molar-refractivity contribution >= 4 is 11.0 Å². The quantitative estimate of drug-likeness (QED) is 0.922. The lowest BCUT2D eigenvalue weighted by molar-refractivity contribution is 0.363. The smallest absolute Gasteiger partial charge is 0.106 e. The normalized spacial score (nSPS) is 21.6. The van der Waals surface area contributed by atoms with Gasteiger partial charge in [-0.2, -0.15) is 0 Å². The molecule has 3 heteroatoms. The highest BCUT2D eigenvalue weighted by Gasteiger charge is 2.30. The minimum Gasteiger partial charge on any atom is -0.327 e. The molecule has 3 rings (SSSR count). The number of para-hydroxylation sites is 2. The summed E-state index contributed by atoms with van der Waals surface area (Å²) in [6, 6.07) is 9.09. The Bertz CT molecular complexity index is 597. The number of aryl methyl sites for hydroxylation is 1. The zero-order valence-corrected chi connectivity index (χ0v) is 12.8. The standard InChI is InChI=1S/C17H25N3/c1-13-19-15-6-4-5-7-16(15)20(13)11-10-18-14-8-9-17(2,3)12-14/h4-7,14,18H,8-12H2,1-3H3. The Kier molecular flexibility index (Phi) is 3.55. The molecule has 0 radical (unpaired) electrons. The first-order valence-electron chi connectivity index (χ1n) is 7.70. The van der Waals surface area contributed by atoms with Gasteiger partial charge in [0.25, 0.3) is 0 Å². The molecule has 1 atom stereocenters. The molecule has 1 fully saturated rings. The third-order valence-electron chi connectivity index (χ3n) is 4.58. The van der Waals surface area contributed by atoms with E-state index in [2.05, 4.69) is 59.9 Å². The molecule has 1 aromatic carbocycles. The summed E-state index contributed by atoms with van der Waals surface area (Å²) < 4.78 is 2.32. The van der Waals surface area contributed by atoms with Crippen LogP contribution >= 0.6 is 0 Å². The molecule has 1 N–H and O–H groups in total. The van der Waals surface area contributed by atoms with E-state index in [1.807, 2.05) is 0 Å². The van der Waals surface area contributed by atoms with Gasteiger partial charge in [-0.15, -0.1) is 0 Å². The van der Waals surface area contributed by atoms with Gasteiger partial charge in [0.1, 0.15) is 5.82 Å². The SMILES string of the molecule is Cc1nc2ccccc2n1CCNC1CCC(C)(C)C1. The minimum absolute atomic E-state index is 0.523. The highest BCUT2D eigenvalue weighted by molar-refractivity contribution is 5.75. The number of hydrogen-bond acceptors (Lipinski definition) is 2. The minimum atomic E-state index is 0.523. The molecule has 1 aliphatic carbocycles. The number of aromatic nitrogens is 2. The number of nitrogens with zero attached hydrogens (tertiary/aromatic N) is 2. The highest BCUT2D eigenvalue weighted by atomic mass is 15.1. The fraction of sp³-hybridized carbons (Fsp3) is 0.588. The second-order valence-corrected chi connectivity index (χ2v) is 6.86. The number of imidazole rings is 1. The maximum atomic E-state index is 4.62. The first-order valence-corrected chi connectivity index (χ1v) is 7.70. The van der Waals surface area contributed by atoms with Gasteiger partial charge in [0.05, 0.1) is 11.0 Å². The number of hydrogen-bond donors (Lipinski definition) is 1. The molecule has 1 aromatic heterocycles. The van der Waals surface area contributed by atoms with E-state index in [1.165, 1.54) is 24.8 Å². The average molecular weight is 271 g/mol. The second-order valence-electron chi connectivity index (χ2n) is 6.86. The van der Waals surface area contributed by atoms with Gasteiger partial charge in [-0.3, -0.25) is 0 Å². The van der Waals surface area contributed by atoms with Crippen LogP contribution in [0.5, 0.6) is 0 Å². The van der Waals surface area contributed by atoms with Gasteiger partial charge in [0, 0.05) is 19.1 Å². The van der Waals surface area contributed by atoms with Gasteiger partial charge in [-0.05, 0) is 43.7 Å². The average Bonchev–Trinajstić information content (AvgIpc) is 2.90. The first kappa shape index (κ1) is 13.6. The maximum Gasteiger partial charge on any atom is 0.106 e. The monoisotopic (exact) mass is 271 g/mol. The summed E-state index contributed by atoms with van der Waals surface area (Å²) >= 11 is 0. The van der Waals surface area contributed by atoms with Gasteiger partial charge < -0.3 is 9.88 Å². The Morgan fingerprint density at radius 1 is 1.35 bits per heavy atom. The van der Waals surface area contributed by atoms with Gasteiger partial charge >= 0.3 is 0 Å². The molecule has 1 aliphatic rings. The molecule has 1 unspecified atom stereocenters. The summed E-state index contributed by atoms with van der Waals surface area (Å²) in [5.74, 6) is 1.11. The summed E-state index contributed by atoms with van der Waals surface area (Å²) in [7, 11) is 0. The van der Waals surface area contributed by atoms with Crippen LogP contribution in [0.4, 0.5) is 0 Å². The van der Waals surface area contributed by atoms with Crippen molar-refractivity contribution in [1.29, 1.82) is 0 Å². The molecule has 1 heterocycles. The molecule has 0 bridgehead atoms. The van der Waals surface area contributed by atoms with Gasteiger partial charge in [0.2, 0.25) is 0 Å². The molecule has 20 heavy (non-hydrogen) atoms. The maximum absolute atomic E-state index is 4.62. The van der Waals surface area contributed by atoms with E-state index in [9.17, 15) is 0 Å². The van der Waals surface area contributed by atoms with Crippen molar-refractivity contribution in [2.24, 2.45) is 5.41 Å². The van der Waals surface area contributed by atoms with Crippen molar-refractivity contribution in [2.45, 2.75) is 52.6 Å². The topological polar surface area (TPSA) is 29.9 Å². The van der Waals surface area contributed by atoms with Crippen LogP contribution in [0.2, 0.25) is 0 Å². The fourth-order valence-corrected chi connectivity index (χ4v) is 3.47. The zero-order valence-electron chi connectivity index (χ0n) is 12.8. The van der Waals surface area contributed by atoms with Crippen LogP contribution in [0.25, 0.3) is 11.0 Å². The van der Waals surface area contributed by atoms with Gasteiger partial charge in [-0.25, -0.2) is 4.98 Å². The van der Waals surface area contributed by atoms with Crippen LogP contribution in [-0.2, 0) is 6.54 Å². The molecule has 1 saturated carbocycles. The van der Waals surface area contributed by atoms with E-state index >= 15 is 0 Å². The molecule has 0 aliphatic heterocycles. The Labute approximate surface area is 121 Å². The Morgan fingerprint density at radius 2 is 2.15 bits per heavy atom. The van der Waals surface area contributed by atoms with E-state index < -0.39 is 0 Å². The Morgan fingerprint density at radius 3 is 2.90 bits per heavy atom. The first-order chi connectivity index (χ1) is 9.55. The van der Waals surface area contributed by atoms with E-state index in [4.69, 9.17) is 0 Å². The number of benzene rings is 1. The third-order valence-corrected chi connectivity index (χ3v) is 4.58. The van der Waals surface area contributed by atoms with E-state index in [1.54, 1.807) is 0 Å². The Balaban J connectivity index is 1.62. The van der Waals surface area contributed by atoms with Gasteiger partial charge in [-0.1, -0.05) is 26.0 Å². The third kappa shape index (κ3) is 2.73. The van der Waals surface area contributed by atoms with E-state index in [0.29, 0.717) is 11.5 Å². The number of rotatable bonds is 4. The van der Waals surface area contributed by atoms with Crippen molar-refractivity contribution < 1.29 is 0 Å². The molecular weight excluding hydrogens is 246 g/mol. The molecule has 0 spiro atoms. The summed E-state index contributed by atoms with van der Waals surface area (Å²) in [5.41, 5.74) is 2.88. The Hall–Kier alpha value is -1.35. The van der Waals surface area contributed by atoms with Crippen molar-refractivity contribution in [3.63, 3.8) is 0 Å². The van der Waals surface area contributed by atoms with Crippen LogP contribution < -0.4 is 5.32 Å². The highest BCUT2D eigenvalue weighted by Crippen LogP contribution is 2.36. The fourth-order valence-electron chi connectivity index (χ4n) is 3.47. The largest absolute Gasteiger partial charge is 0.327 e. The molecule has 108 valence electrons. The van der Waals surface area contributed by atoms with Crippen LogP contribution in [-0.4, -0.2) is 22.1 Å².